The van der Waals surface area contributed by atoms with E-state index in [1.54, 1.807) is 24.3 Å². The first-order chi connectivity index (χ1) is 9.63. The fourth-order valence-corrected chi connectivity index (χ4v) is 1.93. The van der Waals surface area contributed by atoms with Crippen molar-refractivity contribution < 1.29 is 9.90 Å². The van der Waals surface area contributed by atoms with Crippen molar-refractivity contribution in [2.45, 2.75) is 38.7 Å². The summed E-state index contributed by atoms with van der Waals surface area (Å²) in [6.07, 6.45) is 3.77. The van der Waals surface area contributed by atoms with Gasteiger partial charge in [-0.25, -0.2) is 4.79 Å². The van der Waals surface area contributed by atoms with Crippen molar-refractivity contribution in [2.24, 2.45) is 0 Å². The lowest BCUT2D eigenvalue weighted by Crippen LogP contribution is -2.38. The summed E-state index contributed by atoms with van der Waals surface area (Å²) >= 11 is 5.78. The molecule has 1 rings (SSSR count). The molecule has 1 aromatic carbocycles. The summed E-state index contributed by atoms with van der Waals surface area (Å²) in [5.74, 6) is 0. The normalized spacial score (nSPS) is 11.9. The molecule has 0 aliphatic carbocycles. The number of amides is 2. The van der Waals surface area contributed by atoms with Crippen LogP contribution in [-0.2, 0) is 0 Å². The largest absolute Gasteiger partial charge is 0.387 e. The lowest BCUT2D eigenvalue weighted by atomic mass is 10.1. The first-order valence-corrected chi connectivity index (χ1v) is 7.46. The van der Waals surface area contributed by atoms with Crippen molar-refractivity contribution in [3.63, 3.8) is 0 Å². The highest BCUT2D eigenvalue weighted by Gasteiger charge is 2.08. The Kier molecular flexibility index (Phi) is 8.07. The van der Waals surface area contributed by atoms with Gasteiger partial charge in [0.2, 0.25) is 0 Å². The number of aliphatic hydroxyl groups is 1. The highest BCUT2D eigenvalue weighted by atomic mass is 35.5. The number of unbranched alkanes of at least 4 members (excludes halogenated alkanes) is 3. The molecule has 0 saturated heterocycles. The summed E-state index contributed by atoms with van der Waals surface area (Å²) in [6, 6.07) is 6.69. The Balaban J connectivity index is 2.18. The van der Waals surface area contributed by atoms with Crippen LogP contribution in [0.1, 0.15) is 44.3 Å². The van der Waals surface area contributed by atoms with E-state index in [0.29, 0.717) is 11.6 Å². The number of nitrogens with one attached hydrogen (secondary N) is 2. The molecule has 0 bridgehead atoms. The van der Waals surface area contributed by atoms with Crippen LogP contribution in [0, 0.1) is 0 Å². The molecule has 112 valence electrons. The third-order valence-corrected chi connectivity index (χ3v) is 3.28. The Labute approximate surface area is 125 Å². The molecule has 0 saturated carbocycles. The van der Waals surface area contributed by atoms with E-state index in [-0.39, 0.29) is 12.6 Å². The third kappa shape index (κ3) is 6.78. The van der Waals surface area contributed by atoms with Crippen LogP contribution in [-0.4, -0.2) is 24.2 Å². The average Bonchev–Trinajstić information content (AvgIpc) is 2.45. The minimum absolute atomic E-state index is 0.183. The van der Waals surface area contributed by atoms with Gasteiger partial charge in [-0.15, -0.1) is 0 Å². The van der Waals surface area contributed by atoms with Gasteiger partial charge in [-0.3, -0.25) is 0 Å². The Bertz CT molecular complexity index is 395. The molecule has 0 aromatic heterocycles. The summed E-state index contributed by atoms with van der Waals surface area (Å²) in [5, 5.41) is 16.0. The van der Waals surface area contributed by atoms with Crippen molar-refractivity contribution in [3.05, 3.63) is 34.9 Å². The molecule has 2 amide bonds. The number of carbonyl (C=O) groups excluding carboxylic acids is 1. The maximum atomic E-state index is 11.5. The van der Waals surface area contributed by atoms with Gasteiger partial charge in [-0.1, -0.05) is 49.9 Å². The van der Waals surface area contributed by atoms with Crippen LogP contribution in [0.15, 0.2) is 24.3 Å². The van der Waals surface area contributed by atoms with Gasteiger partial charge in [-0.05, 0) is 24.1 Å². The van der Waals surface area contributed by atoms with Gasteiger partial charge in [0.15, 0.2) is 0 Å². The molecule has 0 heterocycles. The number of carbonyl (C=O) groups is 1. The van der Waals surface area contributed by atoms with Crippen LogP contribution in [0.25, 0.3) is 0 Å². The van der Waals surface area contributed by atoms with Crippen LogP contribution in [0.2, 0.25) is 5.02 Å². The van der Waals surface area contributed by atoms with Gasteiger partial charge in [0.25, 0.3) is 0 Å². The Morgan fingerprint density at radius 1 is 1.20 bits per heavy atom. The first kappa shape index (κ1) is 16.8. The predicted molar refractivity (Wildman–Crippen MR) is 82.0 cm³/mol. The number of halogens is 1. The van der Waals surface area contributed by atoms with Crippen molar-refractivity contribution in [3.8, 4) is 0 Å². The Morgan fingerprint density at radius 2 is 1.90 bits per heavy atom. The smallest absolute Gasteiger partial charge is 0.314 e. The molecule has 0 fully saturated rings. The maximum Gasteiger partial charge on any atom is 0.314 e. The molecule has 0 spiro atoms. The minimum Gasteiger partial charge on any atom is -0.387 e. The van der Waals surface area contributed by atoms with Crippen LogP contribution in [0.3, 0.4) is 0 Å². The number of hydrogen-bond donors (Lipinski definition) is 3. The van der Waals surface area contributed by atoms with Crippen LogP contribution >= 0.6 is 11.6 Å². The lowest BCUT2D eigenvalue weighted by molar-refractivity contribution is 0.173. The second kappa shape index (κ2) is 9.61. The van der Waals surface area contributed by atoms with Crippen molar-refractivity contribution >= 4 is 17.6 Å². The van der Waals surface area contributed by atoms with Crippen molar-refractivity contribution in [1.29, 1.82) is 0 Å². The van der Waals surface area contributed by atoms with E-state index in [1.165, 1.54) is 12.8 Å². The molecule has 1 atom stereocenters. The fourth-order valence-electron chi connectivity index (χ4n) is 1.81. The molecule has 0 radical (unpaired) electrons. The second-order valence-electron chi connectivity index (χ2n) is 4.76. The molecule has 1 aromatic rings. The van der Waals surface area contributed by atoms with E-state index in [2.05, 4.69) is 17.6 Å². The predicted octanol–water partition coefficient (Wildman–Crippen LogP) is 3.25. The highest BCUT2D eigenvalue weighted by Crippen LogP contribution is 2.15. The molecule has 0 aliphatic heterocycles. The summed E-state index contributed by atoms with van der Waals surface area (Å²) < 4.78 is 0. The second-order valence-corrected chi connectivity index (χ2v) is 5.20. The number of aliphatic hydroxyl groups excluding tert-OH is 1. The van der Waals surface area contributed by atoms with Crippen LogP contribution in [0.5, 0.6) is 0 Å². The highest BCUT2D eigenvalue weighted by molar-refractivity contribution is 6.30. The van der Waals surface area contributed by atoms with E-state index >= 15 is 0 Å². The standard InChI is InChI=1S/C15H23ClN2O2/c1-2-3-4-5-10-17-15(20)18-11-14(19)12-6-8-13(16)9-7-12/h6-9,14,19H,2-5,10-11H2,1H3,(H2,17,18,20). The maximum absolute atomic E-state index is 11.5. The molecule has 0 aliphatic rings. The minimum atomic E-state index is -0.724. The van der Waals surface area contributed by atoms with E-state index in [4.69, 9.17) is 11.6 Å². The zero-order chi connectivity index (χ0) is 14.8. The molecular formula is C15H23ClN2O2. The molecule has 1 unspecified atom stereocenters. The van der Waals surface area contributed by atoms with E-state index in [9.17, 15) is 9.90 Å². The van der Waals surface area contributed by atoms with Crippen LogP contribution < -0.4 is 10.6 Å². The van der Waals surface area contributed by atoms with Crippen LogP contribution in [0.4, 0.5) is 4.79 Å². The number of benzene rings is 1. The van der Waals surface area contributed by atoms with E-state index in [0.717, 1.165) is 18.4 Å². The van der Waals surface area contributed by atoms with Crippen molar-refractivity contribution in [2.75, 3.05) is 13.1 Å². The zero-order valence-corrected chi connectivity index (χ0v) is 12.6. The van der Waals surface area contributed by atoms with E-state index in [1.807, 2.05) is 0 Å². The Morgan fingerprint density at radius 3 is 2.55 bits per heavy atom. The van der Waals surface area contributed by atoms with Gasteiger partial charge < -0.3 is 15.7 Å². The van der Waals surface area contributed by atoms with Crippen molar-refractivity contribution in [1.82, 2.24) is 10.6 Å². The van der Waals surface area contributed by atoms with Gasteiger partial charge in [0, 0.05) is 18.1 Å². The van der Waals surface area contributed by atoms with Gasteiger partial charge in [-0.2, -0.15) is 0 Å². The van der Waals surface area contributed by atoms with E-state index < -0.39 is 6.10 Å². The van der Waals surface area contributed by atoms with Gasteiger partial charge in [0.05, 0.1) is 6.10 Å². The third-order valence-electron chi connectivity index (χ3n) is 3.03. The summed E-state index contributed by atoms with van der Waals surface area (Å²) in [5.41, 5.74) is 0.734. The zero-order valence-electron chi connectivity index (χ0n) is 11.9. The molecule has 5 heteroatoms. The molecular weight excluding hydrogens is 276 g/mol. The van der Waals surface area contributed by atoms with Gasteiger partial charge in [0.1, 0.15) is 0 Å². The van der Waals surface area contributed by atoms with Gasteiger partial charge >= 0.3 is 6.03 Å². The number of hydrogen-bond acceptors (Lipinski definition) is 2. The first-order valence-electron chi connectivity index (χ1n) is 7.08. The average molecular weight is 299 g/mol. The fraction of sp³-hybridized carbons (Fsp3) is 0.533. The molecule has 3 N–H and O–H groups in total. The summed E-state index contributed by atoms with van der Waals surface area (Å²) in [7, 11) is 0. The number of urea groups is 1. The number of rotatable bonds is 8. The summed E-state index contributed by atoms with van der Waals surface area (Å²) in [6.45, 7) is 3.00. The topological polar surface area (TPSA) is 61.4 Å². The Hall–Kier alpha value is -1.26. The lowest BCUT2D eigenvalue weighted by Gasteiger charge is -2.13. The summed E-state index contributed by atoms with van der Waals surface area (Å²) in [4.78, 5) is 11.5. The molecule has 20 heavy (non-hydrogen) atoms. The SMILES string of the molecule is CCCCCCNC(=O)NCC(O)c1ccc(Cl)cc1. The molecule has 4 nitrogen and oxygen atoms in total. The quantitative estimate of drug-likeness (QED) is 0.645. The monoisotopic (exact) mass is 298 g/mol.